The van der Waals surface area contributed by atoms with Crippen molar-refractivity contribution in [2.75, 3.05) is 20.2 Å². The number of carbonyl (C=O) groups excluding carboxylic acids is 1. The van der Waals surface area contributed by atoms with Crippen molar-refractivity contribution in [2.45, 2.75) is 32.9 Å². The molecule has 1 unspecified atom stereocenters. The summed E-state index contributed by atoms with van der Waals surface area (Å²) in [7, 11) is 1.59. The molecular weight excluding hydrogens is 478 g/mol. The largest absolute Gasteiger partial charge is 0.497 e. The van der Waals surface area contributed by atoms with Gasteiger partial charge in [0, 0.05) is 12.1 Å². The highest BCUT2D eigenvalue weighted by Gasteiger charge is 2.34. The van der Waals surface area contributed by atoms with Gasteiger partial charge in [0.05, 0.1) is 25.4 Å². The van der Waals surface area contributed by atoms with Crippen molar-refractivity contribution in [1.82, 2.24) is 19.2 Å². The van der Waals surface area contributed by atoms with E-state index in [4.69, 9.17) is 15.6 Å². The Morgan fingerprint density at radius 3 is 2.18 bits per heavy atom. The first-order valence-corrected chi connectivity index (χ1v) is 12.9. The smallest absolute Gasteiger partial charge is 0.351 e. The highest BCUT2D eigenvalue weighted by molar-refractivity contribution is 5.94. The van der Waals surface area contributed by atoms with E-state index < -0.39 is 6.04 Å². The lowest BCUT2D eigenvalue weighted by Crippen LogP contribution is -2.40. The zero-order valence-electron chi connectivity index (χ0n) is 22.2. The van der Waals surface area contributed by atoms with E-state index >= 15 is 0 Å². The van der Waals surface area contributed by atoms with Crippen LogP contribution >= 0.6 is 0 Å². The molecule has 2 N–H and O–H groups in total. The number of ether oxygens (including phenoxy) is 1. The van der Waals surface area contributed by atoms with Crippen LogP contribution < -0.4 is 16.2 Å². The zero-order valence-corrected chi connectivity index (χ0v) is 22.2. The minimum absolute atomic E-state index is 0.0319. The number of hydrogen-bond donors (Lipinski definition) is 1. The summed E-state index contributed by atoms with van der Waals surface area (Å²) < 4.78 is 8.37. The van der Waals surface area contributed by atoms with E-state index in [0.29, 0.717) is 48.9 Å². The third kappa shape index (κ3) is 5.86. The number of rotatable bonds is 11. The molecule has 0 aliphatic carbocycles. The van der Waals surface area contributed by atoms with Crippen molar-refractivity contribution in [3.63, 3.8) is 0 Å². The molecule has 0 spiro atoms. The second-order valence-corrected chi connectivity index (χ2v) is 9.52. The fourth-order valence-electron chi connectivity index (χ4n) is 4.61. The van der Waals surface area contributed by atoms with Gasteiger partial charge in [-0.1, -0.05) is 62.4 Å². The fourth-order valence-corrected chi connectivity index (χ4v) is 4.61. The monoisotopic (exact) mass is 513 g/mol. The van der Waals surface area contributed by atoms with Crippen LogP contribution in [0.1, 0.15) is 48.1 Å². The molecule has 198 valence electrons. The summed E-state index contributed by atoms with van der Waals surface area (Å²) in [4.78, 5) is 29.5. The van der Waals surface area contributed by atoms with Crippen molar-refractivity contribution in [1.29, 1.82) is 0 Å². The van der Waals surface area contributed by atoms with Crippen LogP contribution in [0, 0.1) is 5.92 Å². The van der Waals surface area contributed by atoms with Crippen LogP contribution in [0.2, 0.25) is 0 Å². The van der Waals surface area contributed by atoms with Crippen LogP contribution in [-0.2, 0) is 6.54 Å². The summed E-state index contributed by atoms with van der Waals surface area (Å²) in [6.45, 7) is 5.29. The van der Waals surface area contributed by atoms with E-state index in [2.05, 4.69) is 0 Å². The number of benzene rings is 3. The van der Waals surface area contributed by atoms with Gasteiger partial charge in [-0.25, -0.2) is 4.79 Å². The predicted molar refractivity (Wildman–Crippen MR) is 149 cm³/mol. The van der Waals surface area contributed by atoms with Gasteiger partial charge in [-0.05, 0) is 60.8 Å². The van der Waals surface area contributed by atoms with Crippen LogP contribution in [0.25, 0.3) is 5.69 Å². The van der Waals surface area contributed by atoms with Crippen LogP contribution in [0.4, 0.5) is 0 Å². The Kier molecular flexibility index (Phi) is 8.76. The molecule has 3 aromatic carbocycles. The Hall–Kier alpha value is -4.17. The molecule has 0 aliphatic rings. The summed E-state index contributed by atoms with van der Waals surface area (Å²) in [6, 6.07) is 25.7. The molecule has 1 heterocycles. The molecule has 0 saturated heterocycles. The standard InChI is InChI=1S/C30H35N5O3/c1-22(2)27(33(20-10-19-31)29(36)24-15-17-26(38-3)18-16-24)28-32-35(25-13-8-5-9-14-25)30(37)34(28)21-23-11-6-4-7-12-23/h4-9,11-18,22,27H,10,19-21,31H2,1-3H3. The van der Waals surface area contributed by atoms with E-state index in [-0.39, 0.29) is 17.5 Å². The lowest BCUT2D eigenvalue weighted by atomic mass is 9.99. The third-order valence-corrected chi connectivity index (χ3v) is 6.51. The molecule has 0 fully saturated rings. The van der Waals surface area contributed by atoms with Crippen molar-refractivity contribution in [3.05, 3.63) is 112 Å². The maximum atomic E-state index is 13.9. The summed E-state index contributed by atoms with van der Waals surface area (Å²) in [5.74, 6) is 1.04. The minimum atomic E-state index is -0.461. The minimum Gasteiger partial charge on any atom is -0.497 e. The predicted octanol–water partition coefficient (Wildman–Crippen LogP) is 4.28. The molecule has 0 radical (unpaired) electrons. The van der Waals surface area contributed by atoms with Gasteiger partial charge in [0.25, 0.3) is 5.91 Å². The molecule has 0 bridgehead atoms. The number of amides is 1. The Labute approximate surface area is 223 Å². The van der Waals surface area contributed by atoms with E-state index in [0.717, 1.165) is 5.56 Å². The average molecular weight is 514 g/mol. The molecule has 4 rings (SSSR count). The third-order valence-electron chi connectivity index (χ3n) is 6.51. The Bertz CT molecular complexity index is 1380. The summed E-state index contributed by atoms with van der Waals surface area (Å²) in [6.07, 6.45) is 0.618. The number of carbonyl (C=O) groups is 1. The lowest BCUT2D eigenvalue weighted by Gasteiger charge is -2.34. The van der Waals surface area contributed by atoms with Crippen molar-refractivity contribution >= 4 is 5.91 Å². The summed E-state index contributed by atoms with van der Waals surface area (Å²) in [5, 5.41) is 4.85. The van der Waals surface area contributed by atoms with Crippen LogP contribution in [-0.4, -0.2) is 45.4 Å². The quantitative estimate of drug-likeness (QED) is 0.323. The molecule has 38 heavy (non-hydrogen) atoms. The van der Waals surface area contributed by atoms with Crippen molar-refractivity contribution in [2.24, 2.45) is 11.7 Å². The number of hydrogen-bond acceptors (Lipinski definition) is 5. The first-order chi connectivity index (χ1) is 18.4. The Morgan fingerprint density at radius 1 is 0.974 bits per heavy atom. The maximum Gasteiger partial charge on any atom is 0.351 e. The van der Waals surface area contributed by atoms with Crippen molar-refractivity contribution in [3.8, 4) is 11.4 Å². The second kappa shape index (κ2) is 12.4. The van der Waals surface area contributed by atoms with Gasteiger partial charge < -0.3 is 15.4 Å². The fraction of sp³-hybridized carbons (Fsp3) is 0.300. The topological polar surface area (TPSA) is 95.4 Å². The lowest BCUT2D eigenvalue weighted by molar-refractivity contribution is 0.0603. The van der Waals surface area contributed by atoms with E-state index in [1.165, 1.54) is 4.68 Å². The second-order valence-electron chi connectivity index (χ2n) is 9.52. The number of aromatic nitrogens is 3. The Balaban J connectivity index is 1.85. The molecule has 4 aromatic rings. The Morgan fingerprint density at radius 2 is 1.61 bits per heavy atom. The van der Waals surface area contributed by atoms with Gasteiger partial charge in [-0.15, -0.1) is 5.10 Å². The number of methoxy groups -OCH3 is 1. The van der Waals surface area contributed by atoms with E-state index in [1.54, 1.807) is 40.8 Å². The first-order valence-electron chi connectivity index (χ1n) is 12.9. The van der Waals surface area contributed by atoms with Gasteiger partial charge >= 0.3 is 5.69 Å². The van der Waals surface area contributed by atoms with Crippen LogP contribution in [0.3, 0.4) is 0 Å². The normalized spacial score (nSPS) is 11.9. The molecule has 0 saturated carbocycles. The SMILES string of the molecule is COc1ccc(C(=O)N(CCCN)C(c2nn(-c3ccccc3)c(=O)n2Cc2ccccc2)C(C)C)cc1. The summed E-state index contributed by atoms with van der Waals surface area (Å²) in [5.41, 5.74) is 7.80. The molecular formula is C30H35N5O3. The summed E-state index contributed by atoms with van der Waals surface area (Å²) >= 11 is 0. The first kappa shape index (κ1) is 26.9. The van der Waals surface area contributed by atoms with Gasteiger partial charge in [-0.3, -0.25) is 9.36 Å². The number of nitrogens with two attached hydrogens (primary N) is 1. The molecule has 1 atom stereocenters. The highest BCUT2D eigenvalue weighted by Crippen LogP contribution is 2.30. The zero-order chi connectivity index (χ0) is 27.1. The van der Waals surface area contributed by atoms with Crippen molar-refractivity contribution < 1.29 is 9.53 Å². The van der Waals surface area contributed by atoms with Gasteiger partial charge in [0.2, 0.25) is 0 Å². The van der Waals surface area contributed by atoms with Gasteiger partial charge in [-0.2, -0.15) is 4.68 Å². The molecule has 8 heteroatoms. The molecule has 0 aliphatic heterocycles. The van der Waals surface area contributed by atoms with Crippen LogP contribution in [0.5, 0.6) is 5.75 Å². The number of para-hydroxylation sites is 1. The van der Waals surface area contributed by atoms with Crippen LogP contribution in [0.15, 0.2) is 89.7 Å². The highest BCUT2D eigenvalue weighted by atomic mass is 16.5. The molecule has 1 aromatic heterocycles. The molecule has 1 amide bonds. The maximum absolute atomic E-state index is 13.9. The molecule has 8 nitrogen and oxygen atoms in total. The van der Waals surface area contributed by atoms with Gasteiger partial charge in [0.1, 0.15) is 5.75 Å². The van der Waals surface area contributed by atoms with Gasteiger partial charge in [0.15, 0.2) is 5.82 Å². The van der Waals surface area contributed by atoms with E-state index in [9.17, 15) is 9.59 Å². The van der Waals surface area contributed by atoms with E-state index in [1.807, 2.05) is 74.5 Å². The average Bonchev–Trinajstić information content (AvgIpc) is 3.26. The number of nitrogens with zero attached hydrogens (tertiary/aromatic N) is 4.